The average Bonchev–Trinajstić information content (AvgIpc) is 2.69. The minimum absolute atomic E-state index is 0.321. The number of aromatic nitrogens is 2. The Bertz CT molecular complexity index is 1030. The number of fused-ring (bicyclic) bond motifs is 1. The first-order valence-corrected chi connectivity index (χ1v) is 8.61. The van der Waals surface area contributed by atoms with E-state index >= 15 is 0 Å². The van der Waals surface area contributed by atoms with E-state index in [1.165, 1.54) is 11.6 Å². The van der Waals surface area contributed by atoms with Crippen LogP contribution in [0.5, 0.6) is 0 Å². The highest BCUT2D eigenvalue weighted by molar-refractivity contribution is 5.90. The van der Waals surface area contributed by atoms with E-state index in [-0.39, 0.29) is 5.82 Å². The molecule has 0 atom stereocenters. The zero-order valence-electron chi connectivity index (χ0n) is 14.2. The van der Waals surface area contributed by atoms with E-state index in [1.54, 1.807) is 18.2 Å². The monoisotopic (exact) mass is 343 g/mol. The van der Waals surface area contributed by atoms with Crippen molar-refractivity contribution in [2.75, 3.05) is 11.9 Å². The first kappa shape index (κ1) is 16.2. The molecule has 0 saturated carbocycles. The van der Waals surface area contributed by atoms with Crippen LogP contribution in [0.15, 0.2) is 78.9 Å². The number of anilines is 1. The summed E-state index contributed by atoms with van der Waals surface area (Å²) >= 11 is 0. The van der Waals surface area contributed by atoms with E-state index in [2.05, 4.69) is 27.4 Å². The van der Waals surface area contributed by atoms with Crippen LogP contribution in [0.3, 0.4) is 0 Å². The van der Waals surface area contributed by atoms with E-state index in [4.69, 9.17) is 0 Å². The van der Waals surface area contributed by atoms with Crippen molar-refractivity contribution >= 4 is 16.7 Å². The van der Waals surface area contributed by atoms with Crippen LogP contribution in [0, 0.1) is 5.82 Å². The summed E-state index contributed by atoms with van der Waals surface area (Å²) in [7, 11) is 0. The van der Waals surface area contributed by atoms with Crippen molar-refractivity contribution in [1.29, 1.82) is 0 Å². The lowest BCUT2D eigenvalue weighted by molar-refractivity contribution is 0.630. The molecule has 1 N–H and O–H groups in total. The Morgan fingerprint density at radius 3 is 2.35 bits per heavy atom. The van der Waals surface area contributed by atoms with Crippen molar-refractivity contribution in [1.82, 2.24) is 9.97 Å². The minimum Gasteiger partial charge on any atom is -0.369 e. The van der Waals surface area contributed by atoms with E-state index < -0.39 is 0 Å². The molecule has 0 bridgehead atoms. The topological polar surface area (TPSA) is 37.8 Å². The summed E-state index contributed by atoms with van der Waals surface area (Å²) in [6.07, 6.45) is 0.883. The normalized spacial score (nSPS) is 10.8. The van der Waals surface area contributed by atoms with E-state index in [1.807, 2.05) is 42.5 Å². The Morgan fingerprint density at radius 2 is 1.50 bits per heavy atom. The van der Waals surface area contributed by atoms with Gasteiger partial charge in [0, 0.05) is 11.9 Å². The quantitative estimate of drug-likeness (QED) is 0.548. The average molecular weight is 343 g/mol. The first-order chi connectivity index (χ1) is 12.8. The number of para-hydroxylation sites is 1. The highest BCUT2D eigenvalue weighted by atomic mass is 19.1. The first-order valence-electron chi connectivity index (χ1n) is 8.61. The molecule has 4 rings (SSSR count). The van der Waals surface area contributed by atoms with E-state index in [9.17, 15) is 4.39 Å². The van der Waals surface area contributed by atoms with Gasteiger partial charge >= 0.3 is 0 Å². The van der Waals surface area contributed by atoms with Gasteiger partial charge in [-0.25, -0.2) is 14.4 Å². The fourth-order valence-corrected chi connectivity index (χ4v) is 2.94. The maximum absolute atomic E-state index is 14.2. The Kier molecular flexibility index (Phi) is 4.56. The van der Waals surface area contributed by atoms with Gasteiger partial charge in [0.25, 0.3) is 0 Å². The van der Waals surface area contributed by atoms with Gasteiger partial charge in [0.15, 0.2) is 5.82 Å². The van der Waals surface area contributed by atoms with Crippen molar-refractivity contribution in [3.63, 3.8) is 0 Å². The molecule has 0 aliphatic carbocycles. The third-order valence-electron chi connectivity index (χ3n) is 4.27. The predicted molar refractivity (Wildman–Crippen MR) is 104 cm³/mol. The molecule has 0 radical (unpaired) electrons. The molecule has 1 aromatic heterocycles. The standard InChI is InChI=1S/C22H18FN3/c23-19-12-6-4-10-17(19)22-25-20-13-7-5-11-18(20)21(26-22)24-15-14-16-8-2-1-3-9-16/h1-13H,14-15H2,(H,24,25,26). The van der Waals surface area contributed by atoms with Crippen LogP contribution >= 0.6 is 0 Å². The zero-order valence-corrected chi connectivity index (χ0v) is 14.2. The molecule has 0 fully saturated rings. The molecule has 4 aromatic rings. The van der Waals surface area contributed by atoms with Crippen LogP contribution < -0.4 is 5.32 Å². The van der Waals surface area contributed by atoms with Gasteiger partial charge in [0.1, 0.15) is 11.6 Å². The lowest BCUT2D eigenvalue weighted by atomic mass is 10.1. The molecule has 0 aliphatic heterocycles. The molecule has 3 nitrogen and oxygen atoms in total. The molecule has 0 saturated heterocycles. The van der Waals surface area contributed by atoms with Crippen LogP contribution in [-0.2, 0) is 6.42 Å². The van der Waals surface area contributed by atoms with Crippen molar-refractivity contribution in [3.05, 3.63) is 90.2 Å². The third kappa shape index (κ3) is 3.40. The second kappa shape index (κ2) is 7.31. The van der Waals surface area contributed by atoms with E-state index in [0.717, 1.165) is 29.7 Å². The van der Waals surface area contributed by atoms with Gasteiger partial charge in [-0.05, 0) is 36.2 Å². The molecule has 0 spiro atoms. The van der Waals surface area contributed by atoms with Crippen LogP contribution in [0.1, 0.15) is 5.56 Å². The predicted octanol–water partition coefficient (Wildman–Crippen LogP) is 5.09. The van der Waals surface area contributed by atoms with Gasteiger partial charge < -0.3 is 5.32 Å². The minimum atomic E-state index is -0.321. The number of rotatable bonds is 5. The molecular formula is C22H18FN3. The van der Waals surface area contributed by atoms with Gasteiger partial charge in [-0.3, -0.25) is 0 Å². The summed E-state index contributed by atoms with van der Waals surface area (Å²) in [5, 5.41) is 4.32. The number of hydrogen-bond acceptors (Lipinski definition) is 3. The van der Waals surface area contributed by atoms with Crippen LogP contribution in [0.25, 0.3) is 22.3 Å². The molecule has 128 valence electrons. The molecule has 26 heavy (non-hydrogen) atoms. The molecule has 0 unspecified atom stereocenters. The largest absolute Gasteiger partial charge is 0.369 e. The SMILES string of the molecule is Fc1ccccc1-c1nc(NCCc2ccccc2)c2ccccc2n1. The number of benzene rings is 3. The second-order valence-electron chi connectivity index (χ2n) is 6.06. The highest BCUT2D eigenvalue weighted by Gasteiger charge is 2.12. The maximum Gasteiger partial charge on any atom is 0.165 e. The zero-order chi connectivity index (χ0) is 17.8. The smallest absolute Gasteiger partial charge is 0.165 e. The number of nitrogens with one attached hydrogen (secondary N) is 1. The molecule has 0 aliphatic rings. The Labute approximate surface area is 151 Å². The van der Waals surface area contributed by atoms with Crippen molar-refractivity contribution in [3.8, 4) is 11.4 Å². The third-order valence-corrected chi connectivity index (χ3v) is 4.27. The maximum atomic E-state index is 14.2. The number of nitrogens with zero attached hydrogens (tertiary/aromatic N) is 2. The van der Waals surface area contributed by atoms with Gasteiger partial charge in [0.2, 0.25) is 0 Å². The fraction of sp³-hybridized carbons (Fsp3) is 0.0909. The van der Waals surface area contributed by atoms with E-state index in [0.29, 0.717) is 11.4 Å². The summed E-state index contributed by atoms with van der Waals surface area (Å²) in [6, 6.07) is 24.6. The summed E-state index contributed by atoms with van der Waals surface area (Å²) in [5.74, 6) is 0.798. The van der Waals surface area contributed by atoms with Gasteiger partial charge in [0.05, 0.1) is 11.1 Å². The number of hydrogen-bond donors (Lipinski definition) is 1. The molecular weight excluding hydrogens is 325 g/mol. The Balaban J connectivity index is 1.67. The van der Waals surface area contributed by atoms with Crippen LogP contribution in [0.4, 0.5) is 10.2 Å². The van der Waals surface area contributed by atoms with Crippen LogP contribution in [0.2, 0.25) is 0 Å². The van der Waals surface area contributed by atoms with Gasteiger partial charge in [-0.15, -0.1) is 0 Å². The Hall–Kier alpha value is -3.27. The summed E-state index contributed by atoms with van der Waals surface area (Å²) in [5.41, 5.74) is 2.46. The van der Waals surface area contributed by atoms with Gasteiger partial charge in [-0.2, -0.15) is 0 Å². The van der Waals surface area contributed by atoms with Crippen LogP contribution in [-0.4, -0.2) is 16.5 Å². The molecule has 3 aromatic carbocycles. The van der Waals surface area contributed by atoms with Crippen molar-refractivity contribution < 1.29 is 4.39 Å². The lowest BCUT2D eigenvalue weighted by Gasteiger charge is -2.11. The molecule has 1 heterocycles. The summed E-state index contributed by atoms with van der Waals surface area (Å²) in [6.45, 7) is 0.738. The Morgan fingerprint density at radius 1 is 0.769 bits per heavy atom. The summed E-state index contributed by atoms with van der Waals surface area (Å²) in [4.78, 5) is 9.14. The molecule has 4 heteroatoms. The number of halogens is 1. The fourth-order valence-electron chi connectivity index (χ4n) is 2.94. The second-order valence-corrected chi connectivity index (χ2v) is 6.06. The molecule has 0 amide bonds. The highest BCUT2D eigenvalue weighted by Crippen LogP contribution is 2.26. The van der Waals surface area contributed by atoms with Crippen molar-refractivity contribution in [2.45, 2.75) is 6.42 Å². The van der Waals surface area contributed by atoms with Gasteiger partial charge in [-0.1, -0.05) is 54.6 Å². The summed E-state index contributed by atoms with van der Waals surface area (Å²) < 4.78 is 14.2. The van der Waals surface area contributed by atoms with Crippen molar-refractivity contribution in [2.24, 2.45) is 0 Å². The lowest BCUT2D eigenvalue weighted by Crippen LogP contribution is -2.08.